The van der Waals surface area contributed by atoms with E-state index in [4.69, 9.17) is 0 Å². The van der Waals surface area contributed by atoms with Gasteiger partial charge >= 0.3 is 0 Å². The van der Waals surface area contributed by atoms with Crippen molar-refractivity contribution in [2.45, 2.75) is 45.1 Å². The van der Waals surface area contributed by atoms with Crippen LogP contribution in [0.5, 0.6) is 0 Å². The van der Waals surface area contributed by atoms with Crippen LogP contribution in [0.3, 0.4) is 0 Å². The van der Waals surface area contributed by atoms with Crippen LogP contribution in [0.1, 0.15) is 43.1 Å². The maximum atomic E-state index is 13.0. The number of aryl methyl sites for hydroxylation is 1. The van der Waals surface area contributed by atoms with Gasteiger partial charge in [0.15, 0.2) is 0 Å². The Hall–Kier alpha value is -2.50. The predicted molar refractivity (Wildman–Crippen MR) is 122 cm³/mol. The van der Waals surface area contributed by atoms with Gasteiger partial charge in [-0.3, -0.25) is 4.79 Å². The maximum Gasteiger partial charge on any atom is 0.255 e. The van der Waals surface area contributed by atoms with E-state index in [1.54, 1.807) is 0 Å². The lowest BCUT2D eigenvalue weighted by atomic mass is 10.0. The molecule has 5 heteroatoms. The molecular weight excluding hydrogens is 380 g/mol. The minimum Gasteiger partial charge on any atom is -0.321 e. The molecule has 2 N–H and O–H groups in total. The molecule has 0 aromatic heterocycles. The van der Waals surface area contributed by atoms with E-state index in [9.17, 15) is 9.00 Å². The molecular formula is C24H28N2O2S. The number of hydrogen-bond acceptors (Lipinski definition) is 2. The first-order chi connectivity index (χ1) is 13.9. The summed E-state index contributed by atoms with van der Waals surface area (Å²) >= 11 is 0. The molecule has 2 atom stereocenters. The van der Waals surface area contributed by atoms with Crippen LogP contribution >= 0.6 is 0 Å². The van der Waals surface area contributed by atoms with Crippen molar-refractivity contribution in [1.82, 2.24) is 4.72 Å². The van der Waals surface area contributed by atoms with E-state index in [1.165, 1.54) is 0 Å². The normalized spacial score (nSPS) is 13.4. The summed E-state index contributed by atoms with van der Waals surface area (Å²) in [6, 6.07) is 19.1. The van der Waals surface area contributed by atoms with Crippen LogP contribution in [-0.2, 0) is 11.0 Å². The fraction of sp³-hybridized carbons (Fsp3) is 0.292. The average Bonchev–Trinajstić information content (AvgIpc) is 2.72. The summed E-state index contributed by atoms with van der Waals surface area (Å²) < 4.78 is 16.3. The number of benzene rings is 3. The van der Waals surface area contributed by atoms with Crippen molar-refractivity contribution in [2.24, 2.45) is 5.92 Å². The predicted octanol–water partition coefficient (Wildman–Crippen LogP) is 5.45. The minimum absolute atomic E-state index is 0.147. The molecule has 0 radical (unpaired) electrons. The Balaban J connectivity index is 1.94. The summed E-state index contributed by atoms with van der Waals surface area (Å²) in [5.74, 6) is 0.244. The Kier molecular flexibility index (Phi) is 6.83. The van der Waals surface area contributed by atoms with E-state index < -0.39 is 11.0 Å². The Bertz CT molecular complexity index is 1050. The molecule has 29 heavy (non-hydrogen) atoms. The van der Waals surface area contributed by atoms with Gasteiger partial charge in [-0.25, -0.2) is 8.93 Å². The Morgan fingerprint density at radius 3 is 2.28 bits per heavy atom. The Morgan fingerprint density at radius 2 is 1.62 bits per heavy atom. The number of nitrogens with one attached hydrogen (secondary N) is 2. The fourth-order valence-electron chi connectivity index (χ4n) is 3.45. The largest absolute Gasteiger partial charge is 0.321 e. The first-order valence-electron chi connectivity index (χ1n) is 9.99. The smallest absolute Gasteiger partial charge is 0.255 e. The summed E-state index contributed by atoms with van der Waals surface area (Å²) in [5.41, 5.74) is 2.29. The first-order valence-corrected chi connectivity index (χ1v) is 11.1. The van der Waals surface area contributed by atoms with Crippen LogP contribution in [0.2, 0.25) is 0 Å². The molecule has 4 nitrogen and oxygen atoms in total. The molecule has 1 amide bonds. The zero-order chi connectivity index (χ0) is 21.0. The van der Waals surface area contributed by atoms with Gasteiger partial charge in [-0.1, -0.05) is 63.2 Å². The highest BCUT2D eigenvalue weighted by atomic mass is 32.2. The van der Waals surface area contributed by atoms with Crippen molar-refractivity contribution in [3.05, 3.63) is 71.8 Å². The van der Waals surface area contributed by atoms with E-state index in [1.807, 2.05) is 67.6 Å². The van der Waals surface area contributed by atoms with Gasteiger partial charge in [0.2, 0.25) is 0 Å². The van der Waals surface area contributed by atoms with Gasteiger partial charge in [0.05, 0.1) is 4.90 Å². The molecule has 0 aliphatic heterocycles. The summed E-state index contributed by atoms with van der Waals surface area (Å²) in [7, 11) is -1.33. The quantitative estimate of drug-likeness (QED) is 0.546. The number of amides is 1. The molecule has 0 heterocycles. The van der Waals surface area contributed by atoms with Gasteiger partial charge in [0.25, 0.3) is 5.91 Å². The van der Waals surface area contributed by atoms with Crippen LogP contribution in [-0.4, -0.2) is 16.2 Å². The second-order valence-electron chi connectivity index (χ2n) is 7.57. The zero-order valence-corrected chi connectivity index (χ0v) is 18.2. The standard InChI is InChI=1S/C24H28N2O2S/c1-5-21(16(2)3)26-29(28)23-15-14-22(19-12-8-9-13-20(19)23)25-24(27)18-11-7-6-10-17(18)4/h6-16,21,26H,5H2,1-4H3,(H,25,27)/t21-,29?/m1/s1. The third-order valence-electron chi connectivity index (χ3n) is 5.22. The second kappa shape index (κ2) is 9.33. The number of anilines is 1. The SMILES string of the molecule is CC[C@@H](NS(=O)c1ccc(NC(=O)c2ccccc2C)c2ccccc12)C(C)C. The van der Waals surface area contributed by atoms with E-state index >= 15 is 0 Å². The van der Waals surface area contributed by atoms with Crippen molar-refractivity contribution in [1.29, 1.82) is 0 Å². The molecule has 0 saturated carbocycles. The van der Waals surface area contributed by atoms with Gasteiger partial charge in [0, 0.05) is 28.1 Å². The van der Waals surface area contributed by atoms with E-state index in [-0.39, 0.29) is 11.9 Å². The van der Waals surface area contributed by atoms with Gasteiger partial charge in [-0.15, -0.1) is 0 Å². The van der Waals surface area contributed by atoms with Crippen molar-refractivity contribution in [2.75, 3.05) is 5.32 Å². The molecule has 3 rings (SSSR count). The first kappa shape index (κ1) is 21.2. The number of hydrogen-bond donors (Lipinski definition) is 2. The van der Waals surface area contributed by atoms with Crippen LogP contribution in [0.4, 0.5) is 5.69 Å². The molecule has 0 spiro atoms. The number of carbonyl (C=O) groups excluding carboxylic acids is 1. The van der Waals surface area contributed by atoms with Gasteiger partial charge in [-0.2, -0.15) is 0 Å². The third-order valence-corrected chi connectivity index (χ3v) is 6.50. The topological polar surface area (TPSA) is 58.2 Å². The molecule has 0 saturated heterocycles. The van der Waals surface area contributed by atoms with E-state index in [2.05, 4.69) is 30.8 Å². The van der Waals surface area contributed by atoms with E-state index in [0.29, 0.717) is 17.2 Å². The highest BCUT2D eigenvalue weighted by molar-refractivity contribution is 7.83. The van der Waals surface area contributed by atoms with Crippen molar-refractivity contribution < 1.29 is 9.00 Å². The maximum absolute atomic E-state index is 13.0. The molecule has 0 bridgehead atoms. The van der Waals surface area contributed by atoms with Crippen molar-refractivity contribution in [3.8, 4) is 0 Å². The third kappa shape index (κ3) is 4.74. The summed E-state index contributed by atoms with van der Waals surface area (Å²) in [6.07, 6.45) is 0.909. The fourth-order valence-corrected chi connectivity index (χ4v) is 4.86. The number of fused-ring (bicyclic) bond motifs is 1. The summed E-state index contributed by atoms with van der Waals surface area (Å²) in [5, 5.41) is 4.77. The summed E-state index contributed by atoms with van der Waals surface area (Å²) in [4.78, 5) is 13.5. The lowest BCUT2D eigenvalue weighted by Crippen LogP contribution is -2.34. The van der Waals surface area contributed by atoms with Crippen molar-refractivity contribution in [3.63, 3.8) is 0 Å². The molecule has 0 aliphatic rings. The molecule has 1 unspecified atom stereocenters. The monoisotopic (exact) mass is 408 g/mol. The molecule has 3 aromatic carbocycles. The summed E-state index contributed by atoms with van der Waals surface area (Å²) in [6.45, 7) is 8.27. The highest BCUT2D eigenvalue weighted by Gasteiger charge is 2.18. The van der Waals surface area contributed by atoms with Gasteiger partial charge in [0.1, 0.15) is 11.0 Å². The highest BCUT2D eigenvalue weighted by Crippen LogP contribution is 2.29. The van der Waals surface area contributed by atoms with Crippen LogP contribution in [0, 0.1) is 12.8 Å². The second-order valence-corrected chi connectivity index (χ2v) is 8.78. The van der Waals surface area contributed by atoms with Crippen LogP contribution in [0.15, 0.2) is 65.6 Å². The molecule has 3 aromatic rings. The lowest BCUT2D eigenvalue weighted by molar-refractivity contribution is 0.102. The molecule has 0 fully saturated rings. The van der Waals surface area contributed by atoms with Crippen LogP contribution < -0.4 is 10.0 Å². The molecule has 152 valence electrons. The van der Waals surface area contributed by atoms with Gasteiger partial charge < -0.3 is 5.32 Å². The van der Waals surface area contributed by atoms with Crippen LogP contribution in [0.25, 0.3) is 10.8 Å². The van der Waals surface area contributed by atoms with E-state index in [0.717, 1.165) is 27.7 Å². The number of carbonyl (C=O) groups is 1. The Labute approximate surface area is 175 Å². The number of rotatable bonds is 7. The van der Waals surface area contributed by atoms with Gasteiger partial charge in [-0.05, 0) is 43.0 Å². The minimum atomic E-state index is -1.33. The molecule has 0 aliphatic carbocycles. The average molecular weight is 409 g/mol. The Morgan fingerprint density at radius 1 is 0.966 bits per heavy atom. The van der Waals surface area contributed by atoms with Crippen molar-refractivity contribution >= 4 is 33.4 Å². The zero-order valence-electron chi connectivity index (χ0n) is 17.4. The lowest BCUT2D eigenvalue weighted by Gasteiger charge is -2.21.